The number of hydrogen-bond donors (Lipinski definition) is 2. The van der Waals surface area contributed by atoms with Gasteiger partial charge in [-0.3, -0.25) is 0 Å². The van der Waals surface area contributed by atoms with Crippen LogP contribution in [-0.2, 0) is 0 Å². The topological polar surface area (TPSA) is 51.0 Å². The fraction of sp³-hybridized carbons (Fsp3) is 0.0667. The van der Waals surface area contributed by atoms with Gasteiger partial charge in [-0.15, -0.1) is 0 Å². The van der Waals surface area contributed by atoms with Crippen LogP contribution < -0.4 is 10.5 Å². The van der Waals surface area contributed by atoms with Crippen molar-refractivity contribution in [2.45, 2.75) is 0 Å². The number of nitrogen functional groups attached to an aromatic ring is 1. The van der Waals surface area contributed by atoms with E-state index < -0.39 is 0 Å². The number of aromatic amines is 1. The second-order valence-corrected chi connectivity index (χ2v) is 4.23. The first-order chi connectivity index (χ1) is 8.78. The van der Waals surface area contributed by atoms with Crippen LogP contribution in [0.25, 0.3) is 22.2 Å². The summed E-state index contributed by atoms with van der Waals surface area (Å²) in [5.41, 5.74) is 9.81. The molecule has 3 heteroatoms. The van der Waals surface area contributed by atoms with Crippen LogP contribution in [0.15, 0.2) is 48.5 Å². The Kier molecular flexibility index (Phi) is 2.45. The SMILES string of the molecule is COc1cc2cc(-c3ccccc3)[nH]c2cc1N. The third kappa shape index (κ3) is 1.70. The number of ether oxygens (including phenoxy) is 1. The first-order valence-corrected chi connectivity index (χ1v) is 5.79. The quantitative estimate of drug-likeness (QED) is 0.672. The molecule has 0 radical (unpaired) electrons. The predicted octanol–water partition coefficient (Wildman–Crippen LogP) is 3.43. The number of hydrogen-bond acceptors (Lipinski definition) is 2. The van der Waals surface area contributed by atoms with Crippen molar-refractivity contribution in [2.24, 2.45) is 0 Å². The number of nitrogens with one attached hydrogen (secondary N) is 1. The number of H-pyrrole nitrogens is 1. The highest BCUT2D eigenvalue weighted by Crippen LogP contribution is 2.30. The molecule has 1 heterocycles. The van der Waals surface area contributed by atoms with Crippen molar-refractivity contribution >= 4 is 16.6 Å². The van der Waals surface area contributed by atoms with Crippen LogP contribution in [-0.4, -0.2) is 12.1 Å². The van der Waals surface area contributed by atoms with Crippen LogP contribution in [0.4, 0.5) is 5.69 Å². The molecule has 0 aliphatic carbocycles. The average molecular weight is 238 g/mol. The summed E-state index contributed by atoms with van der Waals surface area (Å²) >= 11 is 0. The minimum absolute atomic E-state index is 0.645. The monoisotopic (exact) mass is 238 g/mol. The highest BCUT2D eigenvalue weighted by Gasteiger charge is 2.06. The maximum absolute atomic E-state index is 5.90. The molecule has 1 aromatic heterocycles. The van der Waals surface area contributed by atoms with E-state index in [9.17, 15) is 0 Å². The molecular formula is C15H14N2O. The number of benzene rings is 2. The smallest absolute Gasteiger partial charge is 0.142 e. The molecule has 90 valence electrons. The molecule has 18 heavy (non-hydrogen) atoms. The molecule has 0 aliphatic heterocycles. The van der Waals surface area contributed by atoms with Gasteiger partial charge < -0.3 is 15.5 Å². The Balaban J connectivity index is 2.17. The summed E-state index contributed by atoms with van der Waals surface area (Å²) < 4.78 is 5.23. The molecule has 3 rings (SSSR count). The summed E-state index contributed by atoms with van der Waals surface area (Å²) in [6.45, 7) is 0. The molecule has 0 unspecified atom stereocenters. The van der Waals surface area contributed by atoms with Crippen molar-refractivity contribution in [2.75, 3.05) is 12.8 Å². The van der Waals surface area contributed by atoms with Gasteiger partial charge in [0.15, 0.2) is 0 Å². The van der Waals surface area contributed by atoms with Gasteiger partial charge in [0.1, 0.15) is 5.75 Å². The minimum Gasteiger partial charge on any atom is -0.495 e. The van der Waals surface area contributed by atoms with E-state index in [-0.39, 0.29) is 0 Å². The molecule has 0 aliphatic rings. The molecule has 0 atom stereocenters. The van der Waals surface area contributed by atoms with Crippen LogP contribution >= 0.6 is 0 Å². The maximum Gasteiger partial charge on any atom is 0.142 e. The molecule has 0 amide bonds. The van der Waals surface area contributed by atoms with Gasteiger partial charge in [-0.2, -0.15) is 0 Å². The fourth-order valence-electron chi connectivity index (χ4n) is 2.13. The van der Waals surface area contributed by atoms with E-state index in [4.69, 9.17) is 10.5 Å². The van der Waals surface area contributed by atoms with E-state index in [0.717, 1.165) is 22.2 Å². The predicted molar refractivity (Wildman–Crippen MR) is 74.7 cm³/mol. The molecule has 3 nitrogen and oxygen atoms in total. The van der Waals surface area contributed by atoms with Gasteiger partial charge in [0, 0.05) is 16.6 Å². The third-order valence-electron chi connectivity index (χ3n) is 3.06. The Morgan fingerprint density at radius 3 is 2.56 bits per heavy atom. The largest absolute Gasteiger partial charge is 0.495 e. The van der Waals surface area contributed by atoms with Crippen LogP contribution in [0, 0.1) is 0 Å². The van der Waals surface area contributed by atoms with Crippen molar-refractivity contribution in [3.63, 3.8) is 0 Å². The van der Waals surface area contributed by atoms with Crippen molar-refractivity contribution in [1.29, 1.82) is 0 Å². The summed E-state index contributed by atoms with van der Waals surface area (Å²) in [4.78, 5) is 3.37. The van der Waals surface area contributed by atoms with Crippen molar-refractivity contribution in [1.82, 2.24) is 4.98 Å². The molecule has 0 spiro atoms. The molecule has 3 aromatic rings. The lowest BCUT2D eigenvalue weighted by Gasteiger charge is -2.03. The molecular weight excluding hydrogens is 224 g/mol. The summed E-state index contributed by atoms with van der Waals surface area (Å²) in [5, 5.41) is 1.10. The van der Waals surface area contributed by atoms with Gasteiger partial charge in [-0.05, 0) is 23.8 Å². The van der Waals surface area contributed by atoms with E-state index in [1.54, 1.807) is 7.11 Å². The maximum atomic E-state index is 5.90. The number of anilines is 1. The fourth-order valence-corrected chi connectivity index (χ4v) is 2.13. The highest BCUT2D eigenvalue weighted by molar-refractivity contribution is 5.90. The summed E-state index contributed by atoms with van der Waals surface area (Å²) in [6.07, 6.45) is 0. The Morgan fingerprint density at radius 1 is 1.06 bits per heavy atom. The van der Waals surface area contributed by atoms with E-state index in [0.29, 0.717) is 11.4 Å². The molecule has 0 saturated carbocycles. The Hall–Kier alpha value is -2.42. The lowest BCUT2D eigenvalue weighted by molar-refractivity contribution is 0.417. The van der Waals surface area contributed by atoms with Crippen molar-refractivity contribution in [3.8, 4) is 17.0 Å². The van der Waals surface area contributed by atoms with E-state index in [1.165, 1.54) is 0 Å². The Bertz CT molecular complexity index is 686. The minimum atomic E-state index is 0.645. The van der Waals surface area contributed by atoms with Gasteiger partial charge in [0.25, 0.3) is 0 Å². The van der Waals surface area contributed by atoms with E-state index in [2.05, 4.69) is 23.2 Å². The van der Waals surface area contributed by atoms with Crippen LogP contribution in [0.3, 0.4) is 0 Å². The Morgan fingerprint density at radius 2 is 1.83 bits per heavy atom. The molecule has 0 saturated heterocycles. The molecule has 0 bridgehead atoms. The number of methoxy groups -OCH3 is 1. The number of rotatable bonds is 2. The summed E-state index contributed by atoms with van der Waals surface area (Å²) in [6, 6.07) is 16.2. The second-order valence-electron chi connectivity index (χ2n) is 4.23. The lowest BCUT2D eigenvalue weighted by Crippen LogP contribution is -1.91. The zero-order valence-corrected chi connectivity index (χ0v) is 10.1. The van der Waals surface area contributed by atoms with Gasteiger partial charge in [-0.25, -0.2) is 0 Å². The molecule has 0 fully saturated rings. The van der Waals surface area contributed by atoms with Gasteiger partial charge in [0.2, 0.25) is 0 Å². The van der Waals surface area contributed by atoms with Gasteiger partial charge in [-0.1, -0.05) is 30.3 Å². The highest BCUT2D eigenvalue weighted by atomic mass is 16.5. The number of nitrogens with two attached hydrogens (primary N) is 1. The zero-order valence-electron chi connectivity index (χ0n) is 10.1. The normalized spacial score (nSPS) is 10.7. The summed E-state index contributed by atoms with van der Waals surface area (Å²) in [7, 11) is 1.63. The van der Waals surface area contributed by atoms with Gasteiger partial charge >= 0.3 is 0 Å². The zero-order chi connectivity index (χ0) is 12.5. The van der Waals surface area contributed by atoms with Gasteiger partial charge in [0.05, 0.1) is 12.8 Å². The lowest BCUT2D eigenvalue weighted by atomic mass is 10.1. The van der Waals surface area contributed by atoms with Crippen LogP contribution in [0.2, 0.25) is 0 Å². The standard InChI is InChI=1S/C15H14N2O/c1-18-15-8-11-7-13(10-5-3-2-4-6-10)17-14(11)9-12(15)16/h2-9,17H,16H2,1H3. The first kappa shape index (κ1) is 10.7. The molecule has 2 aromatic carbocycles. The van der Waals surface area contributed by atoms with Crippen LogP contribution in [0.1, 0.15) is 0 Å². The molecule has 3 N–H and O–H groups in total. The summed E-state index contributed by atoms with van der Waals surface area (Å²) in [5.74, 6) is 0.709. The third-order valence-corrected chi connectivity index (χ3v) is 3.06. The van der Waals surface area contributed by atoms with Crippen molar-refractivity contribution < 1.29 is 4.74 Å². The van der Waals surface area contributed by atoms with Crippen LogP contribution in [0.5, 0.6) is 5.75 Å². The number of aromatic nitrogens is 1. The Labute approximate surface area is 105 Å². The first-order valence-electron chi connectivity index (χ1n) is 5.79. The second kappa shape index (κ2) is 4.11. The number of fused-ring (bicyclic) bond motifs is 1. The average Bonchev–Trinajstić information content (AvgIpc) is 2.81. The van der Waals surface area contributed by atoms with E-state index in [1.807, 2.05) is 30.3 Å². The van der Waals surface area contributed by atoms with E-state index >= 15 is 0 Å². The van der Waals surface area contributed by atoms with Crippen molar-refractivity contribution in [3.05, 3.63) is 48.5 Å².